The summed E-state index contributed by atoms with van der Waals surface area (Å²) in [5.41, 5.74) is 0.861. The molecule has 1 nitrogen and oxygen atoms in total. The topological polar surface area (TPSA) is 17.1 Å². The van der Waals surface area contributed by atoms with Gasteiger partial charge < -0.3 is 0 Å². The molecule has 144 valence electrons. The molecule has 0 amide bonds. The maximum Gasteiger partial charge on any atom is 0.163 e. The molecule has 3 heteroatoms. The zero-order valence-corrected chi connectivity index (χ0v) is 17.9. The quantitative estimate of drug-likeness (QED) is 0.248. The molecule has 2 atom stereocenters. The van der Waals surface area contributed by atoms with Crippen molar-refractivity contribution in [3.63, 3.8) is 0 Å². The molecular weight excluding hydrogens is 368 g/mol. The largest absolute Gasteiger partial charge is 0.294 e. The third kappa shape index (κ3) is 5.65. The summed E-state index contributed by atoms with van der Waals surface area (Å²) in [6.07, 6.45) is 8.04. The first-order valence-electron chi connectivity index (χ1n) is 10.2. The van der Waals surface area contributed by atoms with Crippen LogP contribution in [-0.4, -0.2) is 15.6 Å². The molecule has 0 radical (unpaired) electrons. The van der Waals surface area contributed by atoms with Crippen LogP contribution in [0.15, 0.2) is 65.6 Å². The van der Waals surface area contributed by atoms with Crippen molar-refractivity contribution in [2.24, 2.45) is 5.92 Å². The van der Waals surface area contributed by atoms with E-state index in [9.17, 15) is 4.79 Å². The highest BCUT2D eigenvalue weighted by atomic mass is 32.2. The Labute approximate surface area is 172 Å². The Morgan fingerprint density at radius 2 is 1.74 bits per heavy atom. The molecule has 0 heterocycles. The number of hydrogen-bond acceptors (Lipinski definition) is 3. The second kappa shape index (κ2) is 10.4. The number of ketones is 1. The third-order valence-electron chi connectivity index (χ3n) is 5.36. The van der Waals surface area contributed by atoms with E-state index in [1.165, 1.54) is 42.8 Å². The maximum absolute atomic E-state index is 13.0. The van der Waals surface area contributed by atoms with E-state index in [-0.39, 0.29) is 4.08 Å². The number of benzene rings is 2. The smallest absolute Gasteiger partial charge is 0.163 e. The summed E-state index contributed by atoms with van der Waals surface area (Å²) < 4.78 is 0.124. The van der Waals surface area contributed by atoms with Crippen molar-refractivity contribution < 1.29 is 4.79 Å². The summed E-state index contributed by atoms with van der Waals surface area (Å²) in [4.78, 5) is 14.3. The molecule has 27 heavy (non-hydrogen) atoms. The van der Waals surface area contributed by atoms with E-state index < -0.39 is 0 Å². The first kappa shape index (κ1) is 20.5. The fraction of sp³-hybridized carbons (Fsp3) is 0.458. The lowest BCUT2D eigenvalue weighted by Crippen LogP contribution is -2.36. The summed E-state index contributed by atoms with van der Waals surface area (Å²) in [6.45, 7) is 2.26. The van der Waals surface area contributed by atoms with Gasteiger partial charge in [-0.1, -0.05) is 74.7 Å². The van der Waals surface area contributed by atoms with Gasteiger partial charge in [-0.25, -0.2) is 0 Å². The predicted octanol–water partition coefficient (Wildman–Crippen LogP) is 7.47. The van der Waals surface area contributed by atoms with E-state index in [0.29, 0.717) is 18.1 Å². The Bertz CT molecular complexity index is 701. The van der Waals surface area contributed by atoms with Gasteiger partial charge in [-0.2, -0.15) is 0 Å². The van der Waals surface area contributed by atoms with Gasteiger partial charge >= 0.3 is 0 Å². The van der Waals surface area contributed by atoms with Gasteiger partial charge in [0.25, 0.3) is 0 Å². The van der Waals surface area contributed by atoms with Crippen molar-refractivity contribution >= 4 is 29.3 Å². The van der Waals surface area contributed by atoms with E-state index in [1.54, 1.807) is 0 Å². The Morgan fingerprint density at radius 1 is 1.04 bits per heavy atom. The molecule has 1 saturated carbocycles. The van der Waals surface area contributed by atoms with Crippen LogP contribution in [0.1, 0.15) is 62.2 Å². The van der Waals surface area contributed by atoms with Crippen LogP contribution in [0.4, 0.5) is 0 Å². The van der Waals surface area contributed by atoms with E-state index in [0.717, 1.165) is 12.0 Å². The molecule has 2 aromatic carbocycles. The van der Waals surface area contributed by atoms with Crippen LogP contribution in [0.3, 0.4) is 0 Å². The molecule has 0 saturated heterocycles. The SMILES string of the molecule is CCCCSC1(Sc2ccccc2)CCCCC1CC(=O)c1ccccc1. The van der Waals surface area contributed by atoms with Crippen LogP contribution < -0.4 is 0 Å². The highest BCUT2D eigenvalue weighted by Crippen LogP contribution is 2.55. The number of unbranched alkanes of at least 4 members (excludes halogenated alkanes) is 1. The van der Waals surface area contributed by atoms with Crippen molar-refractivity contribution in [2.45, 2.75) is 60.8 Å². The van der Waals surface area contributed by atoms with E-state index in [2.05, 4.69) is 49.0 Å². The second-order valence-corrected chi connectivity index (χ2v) is 10.5. The summed E-state index contributed by atoms with van der Waals surface area (Å²) >= 11 is 4.14. The van der Waals surface area contributed by atoms with Gasteiger partial charge in [0.05, 0.1) is 4.08 Å². The van der Waals surface area contributed by atoms with Gasteiger partial charge in [0.2, 0.25) is 0 Å². The summed E-state index contributed by atoms with van der Waals surface area (Å²) in [7, 11) is 0. The monoisotopic (exact) mass is 398 g/mol. The van der Waals surface area contributed by atoms with Gasteiger partial charge in [-0.05, 0) is 43.1 Å². The number of carbonyl (C=O) groups is 1. The fourth-order valence-corrected chi connectivity index (χ4v) is 7.43. The Kier molecular flexibility index (Phi) is 7.90. The first-order valence-corrected chi connectivity index (χ1v) is 12.0. The van der Waals surface area contributed by atoms with Gasteiger partial charge in [0.15, 0.2) is 5.78 Å². The lowest BCUT2D eigenvalue weighted by molar-refractivity contribution is 0.0948. The van der Waals surface area contributed by atoms with Crippen molar-refractivity contribution in [1.29, 1.82) is 0 Å². The molecule has 1 aliphatic carbocycles. The minimum absolute atomic E-state index is 0.124. The molecule has 1 aliphatic rings. The minimum Gasteiger partial charge on any atom is -0.294 e. The minimum atomic E-state index is 0.124. The predicted molar refractivity (Wildman–Crippen MR) is 120 cm³/mol. The lowest BCUT2D eigenvalue weighted by Gasteiger charge is -2.43. The van der Waals surface area contributed by atoms with E-state index in [1.807, 2.05) is 42.1 Å². The Morgan fingerprint density at radius 3 is 2.44 bits per heavy atom. The maximum atomic E-state index is 13.0. The van der Waals surface area contributed by atoms with Gasteiger partial charge in [0, 0.05) is 16.9 Å². The average molecular weight is 399 g/mol. The summed E-state index contributed by atoms with van der Waals surface area (Å²) in [6, 6.07) is 20.6. The number of thioether (sulfide) groups is 2. The lowest BCUT2D eigenvalue weighted by atomic mass is 9.83. The van der Waals surface area contributed by atoms with Crippen LogP contribution in [0.5, 0.6) is 0 Å². The number of carbonyl (C=O) groups excluding carboxylic acids is 1. The molecule has 0 bridgehead atoms. The Balaban J connectivity index is 1.81. The summed E-state index contributed by atoms with van der Waals surface area (Å²) in [5.74, 6) is 1.93. The number of hydrogen-bond donors (Lipinski definition) is 0. The van der Waals surface area contributed by atoms with Crippen molar-refractivity contribution in [3.8, 4) is 0 Å². The zero-order valence-electron chi connectivity index (χ0n) is 16.2. The van der Waals surface area contributed by atoms with Crippen LogP contribution in [0.2, 0.25) is 0 Å². The number of rotatable bonds is 9. The Hall–Kier alpha value is -1.19. The van der Waals surface area contributed by atoms with Crippen LogP contribution >= 0.6 is 23.5 Å². The normalized spacial score (nSPS) is 22.5. The molecule has 2 unspecified atom stereocenters. The van der Waals surface area contributed by atoms with Gasteiger partial charge in [-0.15, -0.1) is 23.5 Å². The van der Waals surface area contributed by atoms with Crippen molar-refractivity contribution in [3.05, 3.63) is 66.2 Å². The molecule has 0 aliphatic heterocycles. The molecular formula is C24H30OS2. The van der Waals surface area contributed by atoms with Gasteiger partial charge in [0.1, 0.15) is 0 Å². The highest BCUT2D eigenvalue weighted by Gasteiger charge is 2.42. The standard InChI is InChI=1S/C24H30OS2/c1-2-3-18-26-24(27-22-15-8-5-9-16-22)17-11-10-14-21(24)19-23(25)20-12-6-4-7-13-20/h4-9,12-13,15-16,21H,2-3,10-11,14,17-19H2,1H3. The number of Topliss-reactive ketones (excluding diaryl/α,β-unsaturated/α-hetero) is 1. The molecule has 3 rings (SSSR count). The van der Waals surface area contributed by atoms with Crippen molar-refractivity contribution in [2.75, 3.05) is 5.75 Å². The fourth-order valence-electron chi connectivity index (χ4n) is 3.84. The highest BCUT2D eigenvalue weighted by molar-refractivity contribution is 8.18. The first-order chi connectivity index (χ1) is 13.2. The second-order valence-electron chi connectivity index (χ2n) is 7.36. The molecule has 0 spiro atoms. The van der Waals surface area contributed by atoms with Crippen molar-refractivity contribution in [1.82, 2.24) is 0 Å². The molecule has 0 N–H and O–H groups in total. The summed E-state index contributed by atoms with van der Waals surface area (Å²) in [5, 5.41) is 0. The third-order valence-corrected chi connectivity index (χ3v) is 8.87. The van der Waals surface area contributed by atoms with E-state index in [4.69, 9.17) is 0 Å². The van der Waals surface area contributed by atoms with E-state index >= 15 is 0 Å². The van der Waals surface area contributed by atoms with Crippen LogP contribution in [0, 0.1) is 5.92 Å². The molecule has 2 aromatic rings. The zero-order chi connectivity index (χ0) is 19.0. The molecule has 1 fully saturated rings. The van der Waals surface area contributed by atoms with Crippen LogP contribution in [-0.2, 0) is 0 Å². The van der Waals surface area contributed by atoms with Gasteiger partial charge in [-0.3, -0.25) is 4.79 Å². The molecule has 0 aromatic heterocycles. The average Bonchev–Trinajstić information content (AvgIpc) is 2.71. The van der Waals surface area contributed by atoms with Crippen LogP contribution in [0.25, 0.3) is 0 Å².